The van der Waals surface area contributed by atoms with E-state index in [9.17, 15) is 14.0 Å². The maximum Gasteiger partial charge on any atom is 0.251 e. The van der Waals surface area contributed by atoms with Crippen LogP contribution < -0.4 is 10.2 Å². The molecule has 0 atom stereocenters. The van der Waals surface area contributed by atoms with Crippen LogP contribution in [-0.4, -0.2) is 23.8 Å². The molecular weight excluding hydrogens is 369 g/mol. The third-order valence-electron chi connectivity index (χ3n) is 4.65. The zero-order chi connectivity index (χ0) is 20.8. The standard InChI is InChI=1S/C23H22FN3O2/c1-3-22(28)27(2)19-9-6-17(7-10-19)20-11-8-18(13-21(20)24)23(29)26-15-16-5-4-12-25-14-16/h4-14H,3,15H2,1-2H3,(H,26,29). The van der Waals surface area contributed by atoms with Gasteiger partial charge in [-0.15, -0.1) is 0 Å². The van der Waals surface area contributed by atoms with E-state index >= 15 is 0 Å². The average Bonchev–Trinajstić information content (AvgIpc) is 2.77. The van der Waals surface area contributed by atoms with Crippen molar-refractivity contribution in [1.82, 2.24) is 10.3 Å². The fourth-order valence-corrected chi connectivity index (χ4v) is 2.92. The van der Waals surface area contributed by atoms with Crippen molar-refractivity contribution in [2.45, 2.75) is 19.9 Å². The summed E-state index contributed by atoms with van der Waals surface area (Å²) in [7, 11) is 1.71. The maximum absolute atomic E-state index is 14.6. The van der Waals surface area contributed by atoms with Gasteiger partial charge >= 0.3 is 0 Å². The largest absolute Gasteiger partial charge is 0.348 e. The van der Waals surface area contributed by atoms with Gasteiger partial charge in [0.25, 0.3) is 5.91 Å². The van der Waals surface area contributed by atoms with Crippen LogP contribution in [0, 0.1) is 5.82 Å². The van der Waals surface area contributed by atoms with Crippen molar-refractivity contribution in [3.63, 3.8) is 0 Å². The number of benzene rings is 2. The van der Waals surface area contributed by atoms with E-state index < -0.39 is 5.82 Å². The number of aromatic nitrogens is 1. The summed E-state index contributed by atoms with van der Waals surface area (Å²) in [6.45, 7) is 2.12. The molecular formula is C23H22FN3O2. The van der Waals surface area contributed by atoms with Crippen LogP contribution >= 0.6 is 0 Å². The Bertz CT molecular complexity index is 1000. The van der Waals surface area contributed by atoms with Crippen molar-refractivity contribution in [3.05, 3.63) is 83.9 Å². The highest BCUT2D eigenvalue weighted by atomic mass is 19.1. The molecule has 0 saturated carbocycles. The number of carbonyl (C=O) groups excluding carboxylic acids is 2. The van der Waals surface area contributed by atoms with Gasteiger partial charge in [-0.3, -0.25) is 14.6 Å². The summed E-state index contributed by atoms with van der Waals surface area (Å²) in [6, 6.07) is 15.1. The number of pyridine rings is 1. The molecule has 1 N–H and O–H groups in total. The van der Waals surface area contributed by atoms with Gasteiger partial charge in [0.05, 0.1) is 0 Å². The minimum Gasteiger partial charge on any atom is -0.348 e. The van der Waals surface area contributed by atoms with Crippen LogP contribution in [0.15, 0.2) is 67.0 Å². The summed E-state index contributed by atoms with van der Waals surface area (Å²) in [5, 5.41) is 2.75. The summed E-state index contributed by atoms with van der Waals surface area (Å²) in [5.74, 6) is -0.829. The second kappa shape index (κ2) is 9.10. The maximum atomic E-state index is 14.6. The minimum absolute atomic E-state index is 0.00517. The summed E-state index contributed by atoms with van der Waals surface area (Å²) >= 11 is 0. The number of rotatable bonds is 6. The molecule has 2 aromatic carbocycles. The highest BCUT2D eigenvalue weighted by Gasteiger charge is 2.13. The molecule has 0 spiro atoms. The van der Waals surface area contributed by atoms with Gasteiger partial charge < -0.3 is 10.2 Å². The zero-order valence-electron chi connectivity index (χ0n) is 16.4. The van der Waals surface area contributed by atoms with E-state index in [0.29, 0.717) is 24.1 Å². The van der Waals surface area contributed by atoms with Gasteiger partial charge in [-0.25, -0.2) is 4.39 Å². The van der Waals surface area contributed by atoms with Crippen LogP contribution in [0.3, 0.4) is 0 Å². The smallest absolute Gasteiger partial charge is 0.251 e. The van der Waals surface area contributed by atoms with Gasteiger partial charge in [0.1, 0.15) is 5.82 Å². The van der Waals surface area contributed by atoms with Crippen molar-refractivity contribution in [2.75, 3.05) is 11.9 Å². The SMILES string of the molecule is CCC(=O)N(C)c1ccc(-c2ccc(C(=O)NCc3cccnc3)cc2F)cc1. The molecule has 0 saturated heterocycles. The van der Waals surface area contributed by atoms with E-state index in [-0.39, 0.29) is 17.4 Å². The van der Waals surface area contributed by atoms with E-state index in [4.69, 9.17) is 0 Å². The number of hydrogen-bond acceptors (Lipinski definition) is 3. The number of anilines is 1. The van der Waals surface area contributed by atoms with Crippen LogP contribution in [0.5, 0.6) is 0 Å². The summed E-state index contributed by atoms with van der Waals surface area (Å²) in [5.41, 5.74) is 2.92. The molecule has 0 aliphatic carbocycles. The Labute approximate surface area is 169 Å². The van der Waals surface area contributed by atoms with Gasteiger partial charge in [0, 0.05) is 49.2 Å². The van der Waals surface area contributed by atoms with Gasteiger partial charge in [0.2, 0.25) is 5.91 Å². The lowest BCUT2D eigenvalue weighted by molar-refractivity contribution is -0.118. The number of nitrogens with one attached hydrogen (secondary N) is 1. The first-order valence-corrected chi connectivity index (χ1v) is 9.33. The molecule has 6 heteroatoms. The highest BCUT2D eigenvalue weighted by molar-refractivity contribution is 5.95. The van der Waals surface area contributed by atoms with Gasteiger partial charge in [-0.1, -0.05) is 31.2 Å². The first-order valence-electron chi connectivity index (χ1n) is 9.33. The number of amides is 2. The molecule has 5 nitrogen and oxygen atoms in total. The third-order valence-corrected chi connectivity index (χ3v) is 4.65. The molecule has 3 aromatic rings. The first-order chi connectivity index (χ1) is 14.0. The summed E-state index contributed by atoms with van der Waals surface area (Å²) in [6.07, 6.45) is 3.74. The molecule has 0 radical (unpaired) electrons. The molecule has 1 aromatic heterocycles. The topological polar surface area (TPSA) is 62.3 Å². The van der Waals surface area contributed by atoms with E-state index in [1.165, 1.54) is 6.07 Å². The molecule has 0 aliphatic rings. The van der Waals surface area contributed by atoms with Gasteiger partial charge in [0.15, 0.2) is 0 Å². The molecule has 0 fully saturated rings. The summed E-state index contributed by atoms with van der Waals surface area (Å²) < 4.78 is 14.6. The zero-order valence-corrected chi connectivity index (χ0v) is 16.4. The predicted octanol–water partition coefficient (Wildman–Crippen LogP) is 4.19. The van der Waals surface area contributed by atoms with Crippen LogP contribution in [-0.2, 0) is 11.3 Å². The minimum atomic E-state index is -0.482. The Morgan fingerprint density at radius 3 is 2.48 bits per heavy atom. The predicted molar refractivity (Wildman–Crippen MR) is 111 cm³/mol. The Morgan fingerprint density at radius 1 is 1.10 bits per heavy atom. The lowest BCUT2D eigenvalue weighted by Crippen LogP contribution is -2.24. The molecule has 2 amide bonds. The molecule has 0 bridgehead atoms. The Hall–Kier alpha value is -3.54. The number of carbonyl (C=O) groups is 2. The lowest BCUT2D eigenvalue weighted by Gasteiger charge is -2.17. The van der Waals surface area contributed by atoms with Crippen molar-refractivity contribution < 1.29 is 14.0 Å². The monoisotopic (exact) mass is 391 g/mol. The first kappa shape index (κ1) is 20.2. The van der Waals surface area contributed by atoms with Crippen molar-refractivity contribution >= 4 is 17.5 Å². The fourth-order valence-electron chi connectivity index (χ4n) is 2.92. The van der Waals surface area contributed by atoms with Crippen LogP contribution in [0.25, 0.3) is 11.1 Å². The van der Waals surface area contributed by atoms with Crippen molar-refractivity contribution in [1.29, 1.82) is 0 Å². The lowest BCUT2D eigenvalue weighted by atomic mass is 10.0. The van der Waals surface area contributed by atoms with Gasteiger partial charge in [-0.05, 0) is 41.5 Å². The third kappa shape index (κ3) is 4.85. The van der Waals surface area contributed by atoms with Crippen LogP contribution in [0.2, 0.25) is 0 Å². The van der Waals surface area contributed by atoms with Crippen molar-refractivity contribution in [2.24, 2.45) is 0 Å². The molecule has 0 unspecified atom stereocenters. The molecule has 0 aliphatic heterocycles. The Kier molecular flexibility index (Phi) is 6.34. The van der Waals surface area contributed by atoms with E-state index in [1.807, 2.05) is 6.07 Å². The van der Waals surface area contributed by atoms with E-state index in [0.717, 1.165) is 11.3 Å². The molecule has 29 heavy (non-hydrogen) atoms. The second-order valence-electron chi connectivity index (χ2n) is 6.59. The quantitative estimate of drug-likeness (QED) is 0.685. The number of hydrogen-bond donors (Lipinski definition) is 1. The second-order valence-corrected chi connectivity index (χ2v) is 6.59. The van der Waals surface area contributed by atoms with Gasteiger partial charge in [-0.2, -0.15) is 0 Å². The van der Waals surface area contributed by atoms with E-state index in [1.54, 1.807) is 73.7 Å². The van der Waals surface area contributed by atoms with Crippen LogP contribution in [0.1, 0.15) is 29.3 Å². The molecule has 3 rings (SSSR count). The average molecular weight is 391 g/mol. The Morgan fingerprint density at radius 2 is 1.86 bits per heavy atom. The van der Waals surface area contributed by atoms with E-state index in [2.05, 4.69) is 10.3 Å². The van der Waals surface area contributed by atoms with Crippen molar-refractivity contribution in [3.8, 4) is 11.1 Å². The number of nitrogens with zero attached hydrogens (tertiary/aromatic N) is 2. The normalized spacial score (nSPS) is 10.4. The molecule has 1 heterocycles. The highest BCUT2D eigenvalue weighted by Crippen LogP contribution is 2.26. The van der Waals surface area contributed by atoms with Crippen LogP contribution in [0.4, 0.5) is 10.1 Å². The Balaban J connectivity index is 1.72. The molecule has 148 valence electrons. The summed E-state index contributed by atoms with van der Waals surface area (Å²) in [4.78, 5) is 29.6. The number of halogens is 1. The fraction of sp³-hybridized carbons (Fsp3) is 0.174.